The van der Waals surface area contributed by atoms with Crippen LogP contribution >= 0.6 is 0 Å². The zero-order valence-corrected chi connectivity index (χ0v) is 17.7. The number of rotatable bonds is 4. The zero-order valence-electron chi connectivity index (χ0n) is 17.7. The topological polar surface area (TPSA) is 81.7 Å². The van der Waals surface area contributed by atoms with Crippen LogP contribution in [-0.4, -0.2) is 32.6 Å². The van der Waals surface area contributed by atoms with Crippen LogP contribution in [0.3, 0.4) is 0 Å². The number of imidazole rings is 1. The third kappa shape index (κ3) is 3.34. The van der Waals surface area contributed by atoms with Crippen molar-refractivity contribution in [2.45, 2.75) is 5.92 Å². The van der Waals surface area contributed by atoms with E-state index in [9.17, 15) is 0 Å². The Hall–Kier alpha value is -4.10. The second kappa shape index (κ2) is 7.79. The molecule has 2 aromatic carbocycles. The lowest BCUT2D eigenvalue weighted by Crippen LogP contribution is -2.40. The molecule has 0 aliphatic carbocycles. The normalized spacial score (nSPS) is 13.8. The van der Waals surface area contributed by atoms with E-state index in [4.69, 9.17) is 15.7 Å². The number of fused-ring (bicyclic) bond motifs is 1. The van der Waals surface area contributed by atoms with Gasteiger partial charge in [-0.05, 0) is 42.0 Å². The predicted octanol–water partition coefficient (Wildman–Crippen LogP) is 4.56. The van der Waals surface area contributed by atoms with Gasteiger partial charge in [0.05, 0.1) is 16.9 Å². The van der Waals surface area contributed by atoms with Crippen molar-refractivity contribution >= 4 is 17.0 Å². The second-order valence-electron chi connectivity index (χ2n) is 8.17. The number of benzene rings is 2. The fourth-order valence-corrected chi connectivity index (χ4v) is 4.25. The van der Waals surface area contributed by atoms with E-state index in [0.29, 0.717) is 34.1 Å². The van der Waals surface area contributed by atoms with Gasteiger partial charge in [0.15, 0.2) is 11.5 Å². The first-order chi connectivity index (χ1) is 16.2. The molecule has 1 fully saturated rings. The fraction of sp³-hybridized carbons (Fsp3) is 0.115. The Kier molecular flexibility index (Phi) is 4.62. The SMILES string of the molecule is Nc1ncccc1-c1nc2ccc(-c3ccccc3)nc2n1-c1ccc(C2CNC2)c(F)c1. The Morgan fingerprint density at radius 1 is 0.939 bits per heavy atom. The minimum absolute atomic E-state index is 0.204. The van der Waals surface area contributed by atoms with Crippen LogP contribution in [0.2, 0.25) is 0 Å². The number of nitrogens with zero attached hydrogens (tertiary/aromatic N) is 4. The average molecular weight is 436 g/mol. The fourth-order valence-electron chi connectivity index (χ4n) is 4.25. The summed E-state index contributed by atoms with van der Waals surface area (Å²) in [6.45, 7) is 1.59. The molecule has 162 valence electrons. The lowest BCUT2D eigenvalue weighted by Gasteiger charge is -2.28. The van der Waals surface area contributed by atoms with Crippen molar-refractivity contribution in [2.75, 3.05) is 18.8 Å². The van der Waals surface area contributed by atoms with Gasteiger partial charge in [0, 0.05) is 30.8 Å². The number of anilines is 1. The van der Waals surface area contributed by atoms with Gasteiger partial charge in [-0.25, -0.2) is 19.3 Å². The minimum atomic E-state index is -0.231. The molecule has 4 heterocycles. The highest BCUT2D eigenvalue weighted by molar-refractivity contribution is 5.84. The smallest absolute Gasteiger partial charge is 0.165 e. The van der Waals surface area contributed by atoms with Gasteiger partial charge in [-0.3, -0.25) is 4.57 Å². The summed E-state index contributed by atoms with van der Waals surface area (Å²) in [5.41, 5.74) is 11.4. The quantitative estimate of drug-likeness (QED) is 0.432. The molecule has 5 aromatic rings. The van der Waals surface area contributed by atoms with Crippen molar-refractivity contribution < 1.29 is 4.39 Å². The van der Waals surface area contributed by atoms with E-state index in [0.717, 1.165) is 29.9 Å². The molecule has 6 rings (SSSR count). The number of nitrogens with two attached hydrogens (primary N) is 1. The largest absolute Gasteiger partial charge is 0.383 e. The Morgan fingerprint density at radius 3 is 2.52 bits per heavy atom. The van der Waals surface area contributed by atoms with Crippen LogP contribution in [0.4, 0.5) is 10.2 Å². The summed E-state index contributed by atoms with van der Waals surface area (Å²) in [5.74, 6) is 0.903. The molecule has 1 aliphatic rings. The lowest BCUT2D eigenvalue weighted by atomic mass is 9.93. The maximum Gasteiger partial charge on any atom is 0.165 e. The van der Waals surface area contributed by atoms with Gasteiger partial charge in [-0.2, -0.15) is 0 Å². The van der Waals surface area contributed by atoms with Crippen molar-refractivity contribution in [3.63, 3.8) is 0 Å². The summed E-state index contributed by atoms with van der Waals surface area (Å²) in [4.78, 5) is 14.0. The van der Waals surface area contributed by atoms with Crippen molar-refractivity contribution in [3.05, 3.63) is 90.4 Å². The molecule has 1 aliphatic heterocycles. The summed E-state index contributed by atoms with van der Waals surface area (Å²) in [5, 5.41) is 3.20. The number of nitrogen functional groups attached to an aromatic ring is 1. The van der Waals surface area contributed by atoms with Crippen LogP contribution in [0.1, 0.15) is 11.5 Å². The molecular weight excluding hydrogens is 415 g/mol. The second-order valence-corrected chi connectivity index (χ2v) is 8.17. The van der Waals surface area contributed by atoms with Gasteiger partial charge >= 0.3 is 0 Å². The standard InChI is InChI=1S/C26H21FN6/c27-21-13-18(8-9-19(21)17-14-29-15-17)33-25(20-7-4-12-30-24(20)28)32-23-11-10-22(31-26(23)33)16-5-2-1-3-6-16/h1-13,17,29H,14-15H2,(H2,28,30). The van der Waals surface area contributed by atoms with Crippen LogP contribution in [0.15, 0.2) is 79.0 Å². The van der Waals surface area contributed by atoms with Crippen molar-refractivity contribution in [1.82, 2.24) is 24.8 Å². The Morgan fingerprint density at radius 2 is 1.79 bits per heavy atom. The zero-order chi connectivity index (χ0) is 22.4. The third-order valence-electron chi connectivity index (χ3n) is 6.12. The first kappa shape index (κ1) is 19.6. The lowest BCUT2D eigenvalue weighted by molar-refractivity contribution is 0.431. The van der Waals surface area contributed by atoms with Gasteiger partial charge in [0.25, 0.3) is 0 Å². The van der Waals surface area contributed by atoms with E-state index in [1.165, 1.54) is 0 Å². The number of aromatic nitrogens is 4. The van der Waals surface area contributed by atoms with Crippen molar-refractivity contribution in [3.8, 4) is 28.3 Å². The highest BCUT2D eigenvalue weighted by Crippen LogP contribution is 2.33. The van der Waals surface area contributed by atoms with Gasteiger partial charge in [0.2, 0.25) is 0 Å². The Bertz CT molecular complexity index is 1470. The molecule has 33 heavy (non-hydrogen) atoms. The van der Waals surface area contributed by atoms with E-state index < -0.39 is 0 Å². The van der Waals surface area contributed by atoms with Gasteiger partial charge < -0.3 is 11.1 Å². The molecule has 6 nitrogen and oxygen atoms in total. The van der Waals surface area contributed by atoms with E-state index >= 15 is 4.39 Å². The number of nitrogens with one attached hydrogen (secondary N) is 1. The van der Waals surface area contributed by atoms with Crippen LogP contribution < -0.4 is 11.1 Å². The molecular formula is C26H21FN6. The minimum Gasteiger partial charge on any atom is -0.383 e. The first-order valence-electron chi connectivity index (χ1n) is 10.9. The molecule has 0 saturated carbocycles. The van der Waals surface area contributed by atoms with Crippen LogP contribution in [-0.2, 0) is 0 Å². The molecule has 0 unspecified atom stereocenters. The highest BCUT2D eigenvalue weighted by atomic mass is 19.1. The monoisotopic (exact) mass is 436 g/mol. The molecule has 0 bridgehead atoms. The number of hydrogen-bond donors (Lipinski definition) is 2. The molecule has 0 amide bonds. The first-order valence-corrected chi connectivity index (χ1v) is 10.9. The molecule has 0 atom stereocenters. The van der Waals surface area contributed by atoms with Gasteiger partial charge in [-0.1, -0.05) is 36.4 Å². The van der Waals surface area contributed by atoms with Crippen LogP contribution in [0, 0.1) is 5.82 Å². The van der Waals surface area contributed by atoms with E-state index in [-0.39, 0.29) is 11.7 Å². The molecule has 0 radical (unpaired) electrons. The van der Waals surface area contributed by atoms with Crippen molar-refractivity contribution in [2.24, 2.45) is 0 Å². The summed E-state index contributed by atoms with van der Waals surface area (Å²) < 4.78 is 17.0. The summed E-state index contributed by atoms with van der Waals surface area (Å²) in [6.07, 6.45) is 1.64. The van der Waals surface area contributed by atoms with Crippen LogP contribution in [0.5, 0.6) is 0 Å². The van der Waals surface area contributed by atoms with E-state index in [1.807, 2.05) is 71.3 Å². The summed E-state index contributed by atoms with van der Waals surface area (Å²) >= 11 is 0. The Labute approximate surface area is 190 Å². The van der Waals surface area contributed by atoms with E-state index in [2.05, 4.69) is 10.3 Å². The maximum atomic E-state index is 15.2. The maximum absolute atomic E-state index is 15.2. The van der Waals surface area contributed by atoms with Gasteiger partial charge in [-0.15, -0.1) is 0 Å². The number of hydrogen-bond acceptors (Lipinski definition) is 5. The van der Waals surface area contributed by atoms with E-state index in [1.54, 1.807) is 12.3 Å². The average Bonchev–Trinajstić information content (AvgIpc) is 3.18. The van der Waals surface area contributed by atoms with Crippen molar-refractivity contribution in [1.29, 1.82) is 0 Å². The predicted molar refractivity (Wildman–Crippen MR) is 128 cm³/mol. The highest BCUT2D eigenvalue weighted by Gasteiger charge is 2.24. The molecule has 1 saturated heterocycles. The molecule has 3 N–H and O–H groups in total. The molecule has 0 spiro atoms. The number of pyridine rings is 2. The molecule has 3 aromatic heterocycles. The van der Waals surface area contributed by atoms with Gasteiger partial charge in [0.1, 0.15) is 17.2 Å². The third-order valence-corrected chi connectivity index (χ3v) is 6.12. The number of halogens is 1. The Balaban J connectivity index is 1.59. The summed E-state index contributed by atoms with van der Waals surface area (Å²) in [6, 6.07) is 22.8. The van der Waals surface area contributed by atoms with Crippen LogP contribution in [0.25, 0.3) is 39.5 Å². The molecule has 7 heteroatoms. The summed E-state index contributed by atoms with van der Waals surface area (Å²) in [7, 11) is 0.